The molecule has 17 heavy (non-hydrogen) atoms. The van der Waals surface area contributed by atoms with Crippen molar-refractivity contribution in [1.29, 1.82) is 0 Å². The SMILES string of the molecule is CCC(C)NC(N)=NCC1(N(C)C)CCSC1. The number of rotatable bonds is 5. The quantitative estimate of drug-likeness (QED) is 0.573. The van der Waals surface area contributed by atoms with Crippen LogP contribution in [0.5, 0.6) is 0 Å². The average molecular weight is 258 g/mol. The zero-order valence-corrected chi connectivity index (χ0v) is 12.3. The minimum atomic E-state index is 0.201. The molecular weight excluding hydrogens is 232 g/mol. The van der Waals surface area contributed by atoms with Gasteiger partial charge in [0.05, 0.1) is 6.54 Å². The third kappa shape index (κ3) is 4.07. The van der Waals surface area contributed by atoms with Gasteiger partial charge in [-0.1, -0.05) is 6.92 Å². The molecule has 0 saturated carbocycles. The summed E-state index contributed by atoms with van der Waals surface area (Å²) >= 11 is 2.01. The van der Waals surface area contributed by atoms with Gasteiger partial charge < -0.3 is 16.0 Å². The Morgan fingerprint density at radius 3 is 2.76 bits per heavy atom. The van der Waals surface area contributed by atoms with Crippen molar-refractivity contribution in [2.75, 3.05) is 32.1 Å². The van der Waals surface area contributed by atoms with Gasteiger partial charge in [-0.3, -0.25) is 4.99 Å². The van der Waals surface area contributed by atoms with Crippen molar-refractivity contribution in [3.05, 3.63) is 0 Å². The van der Waals surface area contributed by atoms with E-state index in [0.29, 0.717) is 12.0 Å². The highest BCUT2D eigenvalue weighted by atomic mass is 32.2. The molecule has 1 fully saturated rings. The smallest absolute Gasteiger partial charge is 0.188 e. The second-order valence-corrected chi connectivity index (χ2v) is 6.18. The first-order valence-electron chi connectivity index (χ1n) is 6.32. The molecule has 0 aromatic rings. The van der Waals surface area contributed by atoms with E-state index in [4.69, 9.17) is 5.73 Å². The van der Waals surface area contributed by atoms with Crippen molar-refractivity contribution in [3.63, 3.8) is 0 Å². The van der Waals surface area contributed by atoms with E-state index in [1.165, 1.54) is 12.2 Å². The maximum atomic E-state index is 5.90. The van der Waals surface area contributed by atoms with E-state index < -0.39 is 0 Å². The van der Waals surface area contributed by atoms with Gasteiger partial charge in [-0.15, -0.1) is 0 Å². The minimum absolute atomic E-state index is 0.201. The van der Waals surface area contributed by atoms with E-state index in [-0.39, 0.29) is 5.54 Å². The Hall–Kier alpha value is -0.420. The molecule has 1 heterocycles. The summed E-state index contributed by atoms with van der Waals surface area (Å²) in [6.07, 6.45) is 2.26. The van der Waals surface area contributed by atoms with Crippen LogP contribution < -0.4 is 11.1 Å². The number of hydrogen-bond donors (Lipinski definition) is 2. The number of aliphatic imine (C=N–C) groups is 1. The van der Waals surface area contributed by atoms with Crippen molar-refractivity contribution >= 4 is 17.7 Å². The van der Waals surface area contributed by atoms with Gasteiger partial charge in [0.15, 0.2) is 5.96 Å². The Morgan fingerprint density at radius 1 is 1.59 bits per heavy atom. The van der Waals surface area contributed by atoms with Gasteiger partial charge in [0.25, 0.3) is 0 Å². The molecule has 4 nitrogen and oxygen atoms in total. The summed E-state index contributed by atoms with van der Waals surface area (Å²) in [6, 6.07) is 0.395. The number of nitrogens with zero attached hydrogens (tertiary/aromatic N) is 2. The Bertz CT molecular complexity index is 259. The van der Waals surface area contributed by atoms with Crippen molar-refractivity contribution < 1.29 is 0 Å². The number of likely N-dealkylation sites (N-methyl/N-ethyl adjacent to an activating group) is 1. The molecule has 2 unspecified atom stereocenters. The Labute approximate surface area is 109 Å². The van der Waals surface area contributed by atoms with Gasteiger partial charge >= 0.3 is 0 Å². The molecular formula is C12H26N4S. The second-order valence-electron chi connectivity index (χ2n) is 5.08. The number of hydrogen-bond acceptors (Lipinski definition) is 3. The topological polar surface area (TPSA) is 53.6 Å². The standard InChI is InChI=1S/C12H26N4S/c1-5-10(2)15-11(13)14-8-12(16(3)4)6-7-17-9-12/h10H,5-9H2,1-4H3,(H3,13,14,15). The first kappa shape index (κ1) is 14.6. The van der Waals surface area contributed by atoms with E-state index in [0.717, 1.165) is 18.7 Å². The third-order valence-electron chi connectivity index (χ3n) is 3.58. The summed E-state index contributed by atoms with van der Waals surface area (Å²) in [7, 11) is 4.28. The highest BCUT2D eigenvalue weighted by molar-refractivity contribution is 7.99. The molecule has 1 aliphatic heterocycles. The summed E-state index contributed by atoms with van der Waals surface area (Å²) < 4.78 is 0. The van der Waals surface area contributed by atoms with Crippen LogP contribution in [-0.2, 0) is 0 Å². The monoisotopic (exact) mass is 258 g/mol. The normalized spacial score (nSPS) is 27.5. The highest BCUT2D eigenvalue weighted by Crippen LogP contribution is 2.32. The largest absolute Gasteiger partial charge is 0.370 e. The van der Waals surface area contributed by atoms with Crippen LogP contribution in [-0.4, -0.2) is 54.6 Å². The molecule has 0 radical (unpaired) electrons. The average Bonchev–Trinajstić information content (AvgIpc) is 2.76. The summed E-state index contributed by atoms with van der Waals surface area (Å²) in [5.41, 5.74) is 6.10. The molecule has 0 bridgehead atoms. The van der Waals surface area contributed by atoms with E-state index in [1.54, 1.807) is 0 Å². The van der Waals surface area contributed by atoms with E-state index >= 15 is 0 Å². The number of thioether (sulfide) groups is 1. The summed E-state index contributed by atoms with van der Waals surface area (Å²) in [5.74, 6) is 2.96. The van der Waals surface area contributed by atoms with Gasteiger partial charge in [-0.25, -0.2) is 0 Å². The van der Waals surface area contributed by atoms with Gasteiger partial charge in [-0.05, 0) is 39.6 Å². The van der Waals surface area contributed by atoms with Crippen LogP contribution in [0.4, 0.5) is 0 Å². The fourth-order valence-electron chi connectivity index (χ4n) is 1.85. The van der Waals surface area contributed by atoms with Crippen molar-refractivity contribution in [3.8, 4) is 0 Å². The Kier molecular flexibility index (Phi) is 5.59. The second kappa shape index (κ2) is 6.50. The maximum Gasteiger partial charge on any atom is 0.188 e. The zero-order chi connectivity index (χ0) is 12.9. The van der Waals surface area contributed by atoms with Crippen molar-refractivity contribution in [1.82, 2.24) is 10.2 Å². The van der Waals surface area contributed by atoms with E-state index in [1.807, 2.05) is 11.8 Å². The predicted octanol–water partition coefficient (Wildman–Crippen LogP) is 1.13. The van der Waals surface area contributed by atoms with Gasteiger partial charge in [0.1, 0.15) is 0 Å². The lowest BCUT2D eigenvalue weighted by atomic mass is 9.98. The van der Waals surface area contributed by atoms with E-state index in [2.05, 4.69) is 43.2 Å². The number of nitrogens with one attached hydrogen (secondary N) is 1. The molecule has 0 spiro atoms. The number of nitrogens with two attached hydrogens (primary N) is 1. The first-order chi connectivity index (χ1) is 8.00. The number of guanidine groups is 1. The molecule has 0 aliphatic carbocycles. The molecule has 2 atom stereocenters. The third-order valence-corrected chi connectivity index (χ3v) is 4.82. The van der Waals surface area contributed by atoms with Crippen LogP contribution >= 0.6 is 11.8 Å². The van der Waals surface area contributed by atoms with Crippen LogP contribution in [0.2, 0.25) is 0 Å². The molecule has 3 N–H and O–H groups in total. The fraction of sp³-hybridized carbons (Fsp3) is 0.917. The van der Waals surface area contributed by atoms with Gasteiger partial charge in [-0.2, -0.15) is 11.8 Å². The molecule has 1 saturated heterocycles. The molecule has 100 valence electrons. The molecule has 0 aromatic heterocycles. The molecule has 5 heteroatoms. The van der Waals surface area contributed by atoms with Gasteiger partial charge in [0, 0.05) is 17.3 Å². The first-order valence-corrected chi connectivity index (χ1v) is 7.47. The van der Waals surface area contributed by atoms with Crippen LogP contribution in [0.3, 0.4) is 0 Å². The lowest BCUT2D eigenvalue weighted by Crippen LogP contribution is -2.48. The van der Waals surface area contributed by atoms with Crippen molar-refractivity contribution in [2.45, 2.75) is 38.3 Å². The lowest BCUT2D eigenvalue weighted by molar-refractivity contribution is 0.190. The fourth-order valence-corrected chi connectivity index (χ4v) is 3.39. The molecule has 0 aromatic carbocycles. The Balaban J connectivity index is 2.54. The molecule has 1 aliphatic rings. The van der Waals surface area contributed by atoms with E-state index in [9.17, 15) is 0 Å². The van der Waals surface area contributed by atoms with Gasteiger partial charge in [0.2, 0.25) is 0 Å². The summed E-state index contributed by atoms with van der Waals surface area (Å²) in [6.45, 7) is 5.05. The van der Waals surface area contributed by atoms with Crippen molar-refractivity contribution in [2.24, 2.45) is 10.7 Å². The van der Waals surface area contributed by atoms with Crippen LogP contribution in [0.1, 0.15) is 26.7 Å². The highest BCUT2D eigenvalue weighted by Gasteiger charge is 2.36. The Morgan fingerprint density at radius 2 is 2.29 bits per heavy atom. The summed E-state index contributed by atoms with van der Waals surface area (Å²) in [5, 5.41) is 3.21. The lowest BCUT2D eigenvalue weighted by Gasteiger charge is -2.34. The zero-order valence-electron chi connectivity index (χ0n) is 11.5. The summed E-state index contributed by atoms with van der Waals surface area (Å²) in [4.78, 5) is 6.81. The predicted molar refractivity (Wildman–Crippen MR) is 77.7 cm³/mol. The minimum Gasteiger partial charge on any atom is -0.370 e. The van der Waals surface area contributed by atoms with Crippen LogP contribution in [0, 0.1) is 0 Å². The maximum absolute atomic E-state index is 5.90. The molecule has 0 amide bonds. The van der Waals surface area contributed by atoms with Crippen LogP contribution in [0.25, 0.3) is 0 Å². The molecule has 1 rings (SSSR count). The van der Waals surface area contributed by atoms with Crippen LogP contribution in [0.15, 0.2) is 4.99 Å².